The van der Waals surface area contributed by atoms with Crippen molar-refractivity contribution in [2.45, 2.75) is 19.3 Å². The molecule has 0 radical (unpaired) electrons. The summed E-state index contributed by atoms with van der Waals surface area (Å²) in [5.74, 6) is -0.351. The minimum Gasteiger partial charge on any atom is -0.289 e. The molecular weight excluding hydrogens is 190 g/mol. The van der Waals surface area contributed by atoms with Gasteiger partial charge in [0.1, 0.15) is 0 Å². The van der Waals surface area contributed by atoms with Gasteiger partial charge in [0.05, 0.1) is 0 Å². The first-order valence-corrected chi connectivity index (χ1v) is 4.90. The molecule has 0 atom stereocenters. The molecule has 1 amide bonds. The molecule has 0 spiro atoms. The Kier molecular flexibility index (Phi) is 4.57. The van der Waals surface area contributed by atoms with Crippen LogP contribution in [0.4, 0.5) is 0 Å². The standard InChI is InChI=1S/C12H15NO2/c1-10(6-5-9-12(14)13-15)11-7-3-2-4-8-11/h2-4,7-8,15H,1,5-6,9H2,(H,13,14). The van der Waals surface area contributed by atoms with Crippen LogP contribution >= 0.6 is 0 Å². The van der Waals surface area contributed by atoms with Crippen LogP contribution in [0.1, 0.15) is 24.8 Å². The summed E-state index contributed by atoms with van der Waals surface area (Å²) in [6, 6.07) is 9.86. The summed E-state index contributed by atoms with van der Waals surface area (Å²) >= 11 is 0. The van der Waals surface area contributed by atoms with Gasteiger partial charge in [0, 0.05) is 6.42 Å². The molecule has 0 aliphatic rings. The first kappa shape index (κ1) is 11.5. The summed E-state index contributed by atoms with van der Waals surface area (Å²) in [5.41, 5.74) is 3.72. The highest BCUT2D eigenvalue weighted by molar-refractivity contribution is 5.74. The van der Waals surface area contributed by atoms with Crippen molar-refractivity contribution in [1.82, 2.24) is 5.48 Å². The molecule has 80 valence electrons. The third-order valence-electron chi connectivity index (χ3n) is 2.19. The largest absolute Gasteiger partial charge is 0.289 e. The highest BCUT2D eigenvalue weighted by Gasteiger charge is 2.01. The molecule has 0 bridgehead atoms. The zero-order chi connectivity index (χ0) is 11.1. The van der Waals surface area contributed by atoms with Gasteiger partial charge < -0.3 is 0 Å². The lowest BCUT2D eigenvalue weighted by atomic mass is 10.0. The van der Waals surface area contributed by atoms with Gasteiger partial charge in [0.15, 0.2) is 0 Å². The maximum absolute atomic E-state index is 10.7. The molecule has 0 aromatic heterocycles. The molecule has 1 aromatic carbocycles. The van der Waals surface area contributed by atoms with Crippen molar-refractivity contribution in [2.75, 3.05) is 0 Å². The summed E-state index contributed by atoms with van der Waals surface area (Å²) < 4.78 is 0. The van der Waals surface area contributed by atoms with Crippen molar-refractivity contribution in [3.05, 3.63) is 42.5 Å². The van der Waals surface area contributed by atoms with Crippen molar-refractivity contribution < 1.29 is 10.0 Å². The first-order valence-electron chi connectivity index (χ1n) is 4.90. The van der Waals surface area contributed by atoms with E-state index in [1.807, 2.05) is 30.3 Å². The van der Waals surface area contributed by atoms with Gasteiger partial charge in [-0.1, -0.05) is 36.9 Å². The van der Waals surface area contributed by atoms with Crippen LogP contribution in [0.3, 0.4) is 0 Å². The Bertz CT molecular complexity index is 333. The second-order valence-corrected chi connectivity index (χ2v) is 3.36. The van der Waals surface area contributed by atoms with E-state index < -0.39 is 0 Å². The highest BCUT2D eigenvalue weighted by Crippen LogP contribution is 2.17. The third-order valence-corrected chi connectivity index (χ3v) is 2.19. The molecule has 0 fully saturated rings. The number of rotatable bonds is 5. The fourth-order valence-corrected chi connectivity index (χ4v) is 1.34. The van der Waals surface area contributed by atoms with E-state index in [1.54, 1.807) is 5.48 Å². The van der Waals surface area contributed by atoms with E-state index in [1.165, 1.54) is 0 Å². The van der Waals surface area contributed by atoms with E-state index in [9.17, 15) is 4.79 Å². The van der Waals surface area contributed by atoms with Gasteiger partial charge in [-0.05, 0) is 24.0 Å². The van der Waals surface area contributed by atoms with Crippen LogP contribution in [0.25, 0.3) is 5.57 Å². The fourth-order valence-electron chi connectivity index (χ4n) is 1.34. The van der Waals surface area contributed by atoms with Crippen molar-refractivity contribution in [3.63, 3.8) is 0 Å². The average Bonchev–Trinajstić information content (AvgIpc) is 2.29. The van der Waals surface area contributed by atoms with Crippen LogP contribution in [-0.2, 0) is 4.79 Å². The summed E-state index contributed by atoms with van der Waals surface area (Å²) in [7, 11) is 0. The fraction of sp³-hybridized carbons (Fsp3) is 0.250. The molecular formula is C12H15NO2. The summed E-state index contributed by atoms with van der Waals surface area (Å²) in [6.07, 6.45) is 1.78. The monoisotopic (exact) mass is 205 g/mol. The molecule has 0 aliphatic heterocycles. The number of carbonyl (C=O) groups excluding carboxylic acids is 1. The van der Waals surface area contributed by atoms with E-state index >= 15 is 0 Å². The third kappa shape index (κ3) is 3.95. The van der Waals surface area contributed by atoms with E-state index in [-0.39, 0.29) is 5.91 Å². The van der Waals surface area contributed by atoms with E-state index in [2.05, 4.69) is 6.58 Å². The Morgan fingerprint density at radius 2 is 1.93 bits per heavy atom. The minimum atomic E-state index is -0.351. The van der Waals surface area contributed by atoms with Crippen LogP contribution in [0.2, 0.25) is 0 Å². The van der Waals surface area contributed by atoms with E-state index in [4.69, 9.17) is 5.21 Å². The van der Waals surface area contributed by atoms with Crippen molar-refractivity contribution in [3.8, 4) is 0 Å². The average molecular weight is 205 g/mol. The smallest absolute Gasteiger partial charge is 0.243 e. The molecule has 1 aromatic rings. The Balaban J connectivity index is 2.34. The highest BCUT2D eigenvalue weighted by atomic mass is 16.5. The van der Waals surface area contributed by atoms with Gasteiger partial charge in [-0.3, -0.25) is 10.0 Å². The van der Waals surface area contributed by atoms with Crippen molar-refractivity contribution in [1.29, 1.82) is 0 Å². The minimum absolute atomic E-state index is 0.322. The Morgan fingerprint density at radius 3 is 2.53 bits per heavy atom. The number of allylic oxidation sites excluding steroid dienone is 1. The molecule has 0 heterocycles. The van der Waals surface area contributed by atoms with Gasteiger partial charge in [-0.15, -0.1) is 0 Å². The van der Waals surface area contributed by atoms with Crippen LogP contribution in [0.15, 0.2) is 36.9 Å². The van der Waals surface area contributed by atoms with Gasteiger partial charge in [-0.2, -0.15) is 0 Å². The lowest BCUT2D eigenvalue weighted by Crippen LogP contribution is -2.17. The SMILES string of the molecule is C=C(CCCC(=O)NO)c1ccccc1. The molecule has 0 aliphatic carbocycles. The van der Waals surface area contributed by atoms with E-state index in [0.29, 0.717) is 12.8 Å². The zero-order valence-electron chi connectivity index (χ0n) is 8.57. The van der Waals surface area contributed by atoms with Gasteiger partial charge >= 0.3 is 0 Å². The molecule has 0 saturated heterocycles. The second-order valence-electron chi connectivity index (χ2n) is 3.36. The molecule has 15 heavy (non-hydrogen) atoms. The van der Waals surface area contributed by atoms with Gasteiger partial charge in [0.2, 0.25) is 5.91 Å². The summed E-state index contributed by atoms with van der Waals surface area (Å²) in [4.78, 5) is 10.7. The predicted molar refractivity (Wildman–Crippen MR) is 59.3 cm³/mol. The normalized spacial score (nSPS) is 9.67. The number of benzene rings is 1. The van der Waals surface area contributed by atoms with Crippen molar-refractivity contribution in [2.24, 2.45) is 0 Å². The first-order chi connectivity index (χ1) is 7.24. The lowest BCUT2D eigenvalue weighted by Gasteiger charge is -2.04. The molecule has 2 N–H and O–H groups in total. The van der Waals surface area contributed by atoms with Gasteiger partial charge in [0.25, 0.3) is 0 Å². The summed E-state index contributed by atoms with van der Waals surface area (Å²) in [6.45, 7) is 3.95. The number of hydrogen-bond donors (Lipinski definition) is 2. The lowest BCUT2D eigenvalue weighted by molar-refractivity contribution is -0.129. The quantitative estimate of drug-likeness (QED) is 0.572. The van der Waals surface area contributed by atoms with Crippen LogP contribution in [-0.4, -0.2) is 11.1 Å². The topological polar surface area (TPSA) is 49.3 Å². The Hall–Kier alpha value is -1.61. The number of amides is 1. The Morgan fingerprint density at radius 1 is 1.27 bits per heavy atom. The Labute approximate surface area is 89.4 Å². The molecule has 0 unspecified atom stereocenters. The summed E-state index contributed by atoms with van der Waals surface area (Å²) in [5, 5.41) is 8.30. The number of nitrogens with one attached hydrogen (secondary N) is 1. The number of carbonyl (C=O) groups is 1. The van der Waals surface area contributed by atoms with Crippen LogP contribution in [0.5, 0.6) is 0 Å². The maximum atomic E-state index is 10.7. The van der Waals surface area contributed by atoms with Crippen LogP contribution < -0.4 is 5.48 Å². The second kappa shape index (κ2) is 5.98. The maximum Gasteiger partial charge on any atom is 0.243 e. The van der Waals surface area contributed by atoms with Crippen molar-refractivity contribution >= 4 is 11.5 Å². The molecule has 0 saturated carbocycles. The number of hydrogen-bond acceptors (Lipinski definition) is 2. The van der Waals surface area contributed by atoms with Gasteiger partial charge in [-0.25, -0.2) is 5.48 Å². The van der Waals surface area contributed by atoms with E-state index in [0.717, 1.165) is 17.6 Å². The van der Waals surface area contributed by atoms with Crippen LogP contribution in [0, 0.1) is 0 Å². The molecule has 1 rings (SSSR count). The molecule has 3 heteroatoms. The predicted octanol–water partition coefficient (Wildman–Crippen LogP) is 2.38. The zero-order valence-corrected chi connectivity index (χ0v) is 8.57. The molecule has 3 nitrogen and oxygen atoms in total. The number of hydroxylamine groups is 1.